The highest BCUT2D eigenvalue weighted by molar-refractivity contribution is 5.36. The first-order valence-electron chi connectivity index (χ1n) is 6.27. The number of aromatic nitrogens is 2. The van der Waals surface area contributed by atoms with Crippen LogP contribution < -0.4 is 10.5 Å². The van der Waals surface area contributed by atoms with E-state index in [0.29, 0.717) is 0 Å². The molecule has 1 atom stereocenters. The van der Waals surface area contributed by atoms with Crippen molar-refractivity contribution in [1.82, 2.24) is 9.78 Å². The molecule has 0 saturated heterocycles. The summed E-state index contributed by atoms with van der Waals surface area (Å²) in [5.41, 5.74) is 7.87. The molecule has 0 aliphatic rings. The molecule has 2 aromatic rings. The molecular weight excluding hydrogens is 245 g/mol. The lowest BCUT2D eigenvalue weighted by molar-refractivity contribution is 0.385. The first kappa shape index (κ1) is 13.5. The molecule has 0 fully saturated rings. The van der Waals surface area contributed by atoms with Crippen LogP contribution in [-0.4, -0.2) is 16.9 Å². The van der Waals surface area contributed by atoms with Crippen LogP contribution in [0.4, 0.5) is 4.39 Å². The zero-order valence-corrected chi connectivity index (χ0v) is 11.1. The standard InChI is InChI=1S/C14H18FN3O/c1-3-6-18-9-11(8-17-18)14(16)10-4-5-12(15)13(7-10)19-2/h4-5,7-9,14H,3,6,16H2,1-2H3. The highest BCUT2D eigenvalue weighted by Crippen LogP contribution is 2.25. The van der Waals surface area contributed by atoms with Crippen molar-refractivity contribution in [2.45, 2.75) is 25.9 Å². The molecule has 5 heteroatoms. The molecule has 4 nitrogen and oxygen atoms in total. The van der Waals surface area contributed by atoms with E-state index in [1.165, 1.54) is 13.2 Å². The lowest BCUT2D eigenvalue weighted by Crippen LogP contribution is -2.11. The van der Waals surface area contributed by atoms with Crippen LogP contribution >= 0.6 is 0 Å². The fourth-order valence-electron chi connectivity index (χ4n) is 1.95. The summed E-state index contributed by atoms with van der Waals surface area (Å²) in [7, 11) is 1.44. The van der Waals surface area contributed by atoms with Gasteiger partial charge >= 0.3 is 0 Å². The van der Waals surface area contributed by atoms with Crippen LogP contribution in [0.2, 0.25) is 0 Å². The Morgan fingerprint density at radius 1 is 1.42 bits per heavy atom. The summed E-state index contributed by atoms with van der Waals surface area (Å²) < 4.78 is 20.2. The lowest BCUT2D eigenvalue weighted by atomic mass is 10.0. The summed E-state index contributed by atoms with van der Waals surface area (Å²) in [5.74, 6) is -0.186. The molecule has 19 heavy (non-hydrogen) atoms. The van der Waals surface area contributed by atoms with E-state index in [2.05, 4.69) is 12.0 Å². The molecule has 1 heterocycles. The van der Waals surface area contributed by atoms with E-state index in [1.54, 1.807) is 18.3 Å². The van der Waals surface area contributed by atoms with Crippen LogP contribution in [-0.2, 0) is 6.54 Å². The first-order valence-corrected chi connectivity index (χ1v) is 6.27. The molecule has 0 amide bonds. The van der Waals surface area contributed by atoms with E-state index in [4.69, 9.17) is 10.5 Å². The van der Waals surface area contributed by atoms with Crippen molar-refractivity contribution < 1.29 is 9.13 Å². The number of methoxy groups -OCH3 is 1. The highest BCUT2D eigenvalue weighted by Gasteiger charge is 2.13. The van der Waals surface area contributed by atoms with Crippen molar-refractivity contribution in [2.75, 3.05) is 7.11 Å². The third-order valence-corrected chi connectivity index (χ3v) is 3.00. The van der Waals surface area contributed by atoms with Crippen molar-refractivity contribution in [3.05, 3.63) is 47.5 Å². The van der Waals surface area contributed by atoms with E-state index < -0.39 is 0 Å². The summed E-state index contributed by atoms with van der Waals surface area (Å²) in [6, 6.07) is 4.32. The van der Waals surface area contributed by atoms with E-state index in [9.17, 15) is 4.39 Å². The summed E-state index contributed by atoms with van der Waals surface area (Å²) in [6.07, 6.45) is 4.68. The minimum Gasteiger partial charge on any atom is -0.494 e. The molecule has 102 valence electrons. The Bertz CT molecular complexity index is 553. The second kappa shape index (κ2) is 5.84. The van der Waals surface area contributed by atoms with Gasteiger partial charge in [-0.3, -0.25) is 4.68 Å². The fraction of sp³-hybridized carbons (Fsp3) is 0.357. The molecule has 1 aromatic heterocycles. The number of rotatable bonds is 5. The molecule has 2 N–H and O–H groups in total. The number of ether oxygens (including phenoxy) is 1. The molecule has 1 aromatic carbocycles. The van der Waals surface area contributed by atoms with Gasteiger partial charge in [-0.2, -0.15) is 5.10 Å². The summed E-state index contributed by atoms with van der Waals surface area (Å²) in [4.78, 5) is 0. The zero-order chi connectivity index (χ0) is 13.8. The average molecular weight is 263 g/mol. The summed E-state index contributed by atoms with van der Waals surface area (Å²) in [5, 5.41) is 4.24. The Labute approximate surface area is 112 Å². The first-order chi connectivity index (χ1) is 9.15. The Morgan fingerprint density at radius 2 is 2.21 bits per heavy atom. The average Bonchev–Trinajstić information content (AvgIpc) is 2.87. The van der Waals surface area contributed by atoms with Gasteiger partial charge in [0.05, 0.1) is 19.3 Å². The van der Waals surface area contributed by atoms with Gasteiger partial charge in [-0.25, -0.2) is 4.39 Å². The molecule has 0 spiro atoms. The smallest absolute Gasteiger partial charge is 0.165 e. The molecule has 0 saturated carbocycles. The van der Waals surface area contributed by atoms with Crippen molar-refractivity contribution in [1.29, 1.82) is 0 Å². The fourth-order valence-corrected chi connectivity index (χ4v) is 1.95. The molecule has 2 rings (SSSR count). The zero-order valence-electron chi connectivity index (χ0n) is 11.1. The van der Waals surface area contributed by atoms with Gasteiger partial charge in [0.1, 0.15) is 0 Å². The van der Waals surface area contributed by atoms with Gasteiger partial charge in [-0.05, 0) is 24.1 Å². The van der Waals surface area contributed by atoms with Crippen LogP contribution in [0.15, 0.2) is 30.6 Å². The monoisotopic (exact) mass is 263 g/mol. The number of hydrogen-bond acceptors (Lipinski definition) is 3. The number of nitrogens with zero attached hydrogens (tertiary/aromatic N) is 2. The van der Waals surface area contributed by atoms with Crippen molar-refractivity contribution in [3.8, 4) is 5.75 Å². The van der Waals surface area contributed by atoms with Gasteiger partial charge in [0.25, 0.3) is 0 Å². The summed E-state index contributed by atoms with van der Waals surface area (Å²) in [6.45, 7) is 2.95. The van der Waals surface area contributed by atoms with Crippen LogP contribution in [0.1, 0.15) is 30.5 Å². The predicted molar refractivity (Wildman–Crippen MR) is 71.5 cm³/mol. The molecule has 0 radical (unpaired) electrons. The molecule has 0 bridgehead atoms. The minimum absolute atomic E-state index is 0.203. The van der Waals surface area contributed by atoms with Crippen LogP contribution in [0.25, 0.3) is 0 Å². The van der Waals surface area contributed by atoms with E-state index in [0.717, 1.165) is 24.1 Å². The van der Waals surface area contributed by atoms with Gasteiger partial charge in [0.2, 0.25) is 0 Å². The molecule has 0 aliphatic heterocycles. The molecular formula is C14H18FN3O. The molecule has 0 aliphatic carbocycles. The van der Waals surface area contributed by atoms with Gasteiger partial charge in [0.15, 0.2) is 11.6 Å². The maximum absolute atomic E-state index is 13.4. The van der Waals surface area contributed by atoms with Crippen LogP contribution in [0.5, 0.6) is 5.75 Å². The number of nitrogens with two attached hydrogens (primary N) is 1. The maximum atomic E-state index is 13.4. The van der Waals surface area contributed by atoms with Crippen LogP contribution in [0.3, 0.4) is 0 Å². The predicted octanol–water partition coefficient (Wildman–Crippen LogP) is 2.49. The third-order valence-electron chi connectivity index (χ3n) is 3.00. The second-order valence-electron chi connectivity index (χ2n) is 4.41. The Morgan fingerprint density at radius 3 is 2.89 bits per heavy atom. The Balaban J connectivity index is 2.24. The third kappa shape index (κ3) is 2.93. The largest absolute Gasteiger partial charge is 0.494 e. The van der Waals surface area contributed by atoms with Crippen molar-refractivity contribution in [3.63, 3.8) is 0 Å². The Kier molecular flexibility index (Phi) is 4.16. The van der Waals surface area contributed by atoms with Crippen molar-refractivity contribution in [2.24, 2.45) is 5.73 Å². The normalized spacial score (nSPS) is 12.4. The Hall–Kier alpha value is -1.88. The van der Waals surface area contributed by atoms with Gasteiger partial charge in [-0.1, -0.05) is 13.0 Å². The number of halogens is 1. The van der Waals surface area contributed by atoms with Gasteiger partial charge < -0.3 is 10.5 Å². The SMILES string of the molecule is CCCn1cc(C(N)c2ccc(F)c(OC)c2)cn1. The van der Waals surface area contributed by atoms with Crippen molar-refractivity contribution >= 4 is 0 Å². The highest BCUT2D eigenvalue weighted by atomic mass is 19.1. The topological polar surface area (TPSA) is 53.1 Å². The van der Waals surface area contributed by atoms with Crippen LogP contribution in [0, 0.1) is 5.82 Å². The quantitative estimate of drug-likeness (QED) is 0.901. The minimum atomic E-state index is -0.389. The van der Waals surface area contributed by atoms with E-state index in [-0.39, 0.29) is 17.6 Å². The molecule has 1 unspecified atom stereocenters. The van der Waals surface area contributed by atoms with E-state index >= 15 is 0 Å². The van der Waals surface area contributed by atoms with Gasteiger partial charge in [-0.15, -0.1) is 0 Å². The summed E-state index contributed by atoms with van der Waals surface area (Å²) >= 11 is 0. The number of hydrogen-bond donors (Lipinski definition) is 1. The lowest BCUT2D eigenvalue weighted by Gasteiger charge is -2.11. The van der Waals surface area contributed by atoms with E-state index in [1.807, 2.05) is 10.9 Å². The number of aryl methyl sites for hydroxylation is 1. The number of benzene rings is 1. The maximum Gasteiger partial charge on any atom is 0.165 e. The second-order valence-corrected chi connectivity index (χ2v) is 4.41. The van der Waals surface area contributed by atoms with Gasteiger partial charge in [0, 0.05) is 18.3 Å².